The molecule has 0 unspecified atom stereocenters. The summed E-state index contributed by atoms with van der Waals surface area (Å²) in [6, 6.07) is 69.8. The Morgan fingerprint density at radius 1 is 0.526 bits per heavy atom. The van der Waals surface area contributed by atoms with Gasteiger partial charge in [0.25, 0.3) is 0 Å². The van der Waals surface area contributed by atoms with E-state index >= 15 is 0 Å². The van der Waals surface area contributed by atoms with Gasteiger partial charge in [-0.1, -0.05) is 153 Å². The van der Waals surface area contributed by atoms with E-state index in [-0.39, 0.29) is 0 Å². The zero-order valence-electron chi connectivity index (χ0n) is 32.5. The lowest BCUT2D eigenvalue weighted by molar-refractivity contribution is 0.869. The average Bonchev–Trinajstić information content (AvgIpc) is 3.79. The van der Waals surface area contributed by atoms with Gasteiger partial charge >= 0.3 is 0 Å². The maximum Gasteiger partial charge on any atom is 0.179 e. The normalized spacial score (nSPS) is 12.8. The van der Waals surface area contributed by atoms with E-state index in [1.807, 2.05) is 6.20 Å². The Labute approximate surface area is 335 Å². The molecular weight excluding hydrogens is 709 g/mol. The van der Waals surface area contributed by atoms with Crippen molar-refractivity contribution in [3.8, 4) is 16.9 Å². The van der Waals surface area contributed by atoms with E-state index in [0.717, 1.165) is 23.5 Å². The molecule has 0 aliphatic carbocycles. The second-order valence-electron chi connectivity index (χ2n) is 15.5. The van der Waals surface area contributed by atoms with E-state index in [2.05, 4.69) is 223 Å². The Morgan fingerprint density at radius 3 is 1.93 bits per heavy atom. The summed E-state index contributed by atoms with van der Waals surface area (Å²) in [7, 11) is -0.760. The van der Waals surface area contributed by atoms with Gasteiger partial charge in [0, 0.05) is 29.7 Å². The molecule has 0 radical (unpaired) electrons. The zero-order valence-corrected chi connectivity index (χ0v) is 33.5. The van der Waals surface area contributed by atoms with Crippen LogP contribution in [0.1, 0.15) is 25.3 Å². The molecule has 0 atom stereocenters. The Hall–Kier alpha value is -6.69. The van der Waals surface area contributed by atoms with Gasteiger partial charge in [-0.3, -0.25) is 4.57 Å². The highest BCUT2D eigenvalue weighted by Crippen LogP contribution is 2.39. The maximum absolute atomic E-state index is 5.09. The van der Waals surface area contributed by atoms with E-state index in [0.29, 0.717) is 5.92 Å². The van der Waals surface area contributed by atoms with Crippen molar-refractivity contribution in [3.63, 3.8) is 0 Å². The van der Waals surface area contributed by atoms with Crippen LogP contribution in [0.2, 0.25) is 0 Å². The summed E-state index contributed by atoms with van der Waals surface area (Å²) in [5.74, 6) is 1.32. The lowest BCUT2D eigenvalue weighted by atomic mass is 9.93. The van der Waals surface area contributed by atoms with Gasteiger partial charge in [0.05, 0.1) is 29.1 Å². The van der Waals surface area contributed by atoms with Crippen LogP contribution in [-0.2, 0) is 0 Å². The van der Waals surface area contributed by atoms with E-state index in [4.69, 9.17) is 4.98 Å². The number of hydrogen-bond donors (Lipinski definition) is 0. The molecule has 2 aromatic heterocycles. The molecule has 0 fully saturated rings. The van der Waals surface area contributed by atoms with Crippen molar-refractivity contribution in [2.75, 3.05) is 23.5 Å². The summed E-state index contributed by atoms with van der Waals surface area (Å²) in [5.41, 5.74) is 9.76. The summed E-state index contributed by atoms with van der Waals surface area (Å²) in [4.78, 5) is 9.87. The minimum atomic E-state index is -2.94. The first-order valence-corrected chi connectivity index (χ1v) is 21.9. The molecule has 276 valence electrons. The number of fused-ring (bicyclic) bond motifs is 4. The minimum absolute atomic E-state index is 0.405. The topological polar surface area (TPSA) is 24.3 Å². The standard InChI is InChI=1S/C52H44N4Si/c1-37(2)44-23-10-11-24-45(44)38-31-32-53-52(33-38)56-48-26-13-12-25-46(48)47-30-29-43(35-51(47)56)57(40-18-6-4-7-19-40,41-20-8-5-9-21-41)42-22-16-17-39(34-42)55-36-54(3)49-27-14-15-28-50(49)55/h4-35,37H,36H2,1-3H3. The second-order valence-corrected chi connectivity index (χ2v) is 19.3. The van der Waals surface area contributed by atoms with E-state index in [9.17, 15) is 0 Å². The zero-order chi connectivity index (χ0) is 38.5. The Kier molecular flexibility index (Phi) is 8.61. The molecule has 1 aliphatic heterocycles. The summed E-state index contributed by atoms with van der Waals surface area (Å²) in [6.45, 7) is 5.33. The molecule has 3 heterocycles. The van der Waals surface area contributed by atoms with Crippen molar-refractivity contribution in [1.29, 1.82) is 0 Å². The number of benzene rings is 7. The summed E-state index contributed by atoms with van der Waals surface area (Å²) in [5, 5.41) is 7.81. The minimum Gasteiger partial charge on any atom is -0.355 e. The van der Waals surface area contributed by atoms with Crippen LogP contribution >= 0.6 is 0 Å². The molecule has 0 amide bonds. The van der Waals surface area contributed by atoms with Gasteiger partial charge in [0.2, 0.25) is 0 Å². The van der Waals surface area contributed by atoms with Gasteiger partial charge in [-0.2, -0.15) is 0 Å². The number of nitrogens with zero attached hydrogens (tertiary/aromatic N) is 4. The van der Waals surface area contributed by atoms with Crippen LogP contribution in [0.4, 0.5) is 17.1 Å². The number of aromatic nitrogens is 2. The van der Waals surface area contributed by atoms with Crippen LogP contribution in [-0.4, -0.2) is 31.3 Å². The molecule has 4 nitrogen and oxygen atoms in total. The second kappa shape index (κ2) is 14.1. The van der Waals surface area contributed by atoms with Crippen LogP contribution in [0, 0.1) is 0 Å². The average molecular weight is 753 g/mol. The van der Waals surface area contributed by atoms with Crippen molar-refractivity contribution < 1.29 is 0 Å². The monoisotopic (exact) mass is 752 g/mol. The van der Waals surface area contributed by atoms with Crippen molar-refractivity contribution in [3.05, 3.63) is 200 Å². The van der Waals surface area contributed by atoms with Crippen LogP contribution in [0.25, 0.3) is 38.8 Å². The highest BCUT2D eigenvalue weighted by atomic mass is 28.3. The van der Waals surface area contributed by atoms with Crippen molar-refractivity contribution in [2.24, 2.45) is 0 Å². The summed E-state index contributed by atoms with van der Waals surface area (Å²) >= 11 is 0. The van der Waals surface area contributed by atoms with Crippen LogP contribution < -0.4 is 30.5 Å². The first-order chi connectivity index (χ1) is 28.0. The highest BCUT2D eigenvalue weighted by Gasteiger charge is 2.42. The van der Waals surface area contributed by atoms with E-state index in [1.54, 1.807) is 0 Å². The Morgan fingerprint density at radius 2 is 1.16 bits per heavy atom. The van der Waals surface area contributed by atoms with Gasteiger partial charge in [-0.25, -0.2) is 4.98 Å². The number of anilines is 3. The largest absolute Gasteiger partial charge is 0.355 e. The van der Waals surface area contributed by atoms with E-state index < -0.39 is 8.07 Å². The predicted octanol–water partition coefficient (Wildman–Crippen LogP) is 9.89. The molecule has 57 heavy (non-hydrogen) atoms. The molecule has 0 bridgehead atoms. The third-order valence-corrected chi connectivity index (χ3v) is 16.7. The first kappa shape index (κ1) is 34.8. The van der Waals surface area contributed by atoms with Crippen molar-refractivity contribution in [2.45, 2.75) is 19.8 Å². The van der Waals surface area contributed by atoms with Gasteiger partial charge in [0.15, 0.2) is 8.07 Å². The Bertz CT molecular complexity index is 2860. The van der Waals surface area contributed by atoms with E-state index in [1.165, 1.54) is 65.3 Å². The fourth-order valence-corrected chi connectivity index (χ4v) is 14.1. The molecule has 1 aliphatic rings. The first-order valence-electron chi connectivity index (χ1n) is 19.9. The molecule has 7 aromatic carbocycles. The summed E-state index contributed by atoms with van der Waals surface area (Å²) in [6.07, 6.45) is 1.97. The molecule has 5 heteroatoms. The molecule has 0 saturated carbocycles. The number of rotatable bonds is 8. The van der Waals surface area contributed by atoms with Gasteiger partial charge < -0.3 is 9.80 Å². The van der Waals surface area contributed by atoms with Crippen molar-refractivity contribution in [1.82, 2.24) is 9.55 Å². The molecule has 0 saturated heterocycles. The lowest BCUT2D eigenvalue weighted by Crippen LogP contribution is -2.74. The molecule has 9 aromatic rings. The highest BCUT2D eigenvalue weighted by molar-refractivity contribution is 7.20. The van der Waals surface area contributed by atoms with Crippen LogP contribution in [0.5, 0.6) is 0 Å². The fourth-order valence-electron chi connectivity index (χ4n) is 9.31. The lowest BCUT2D eigenvalue weighted by Gasteiger charge is -2.35. The third-order valence-electron chi connectivity index (χ3n) is 11.9. The molecular formula is C52H44N4Si. The fraction of sp³-hybridized carbons (Fsp3) is 0.0962. The molecule has 0 spiro atoms. The number of pyridine rings is 1. The number of para-hydroxylation sites is 3. The van der Waals surface area contributed by atoms with Gasteiger partial charge in [-0.15, -0.1) is 0 Å². The van der Waals surface area contributed by atoms with Gasteiger partial charge in [0.1, 0.15) is 5.82 Å². The Balaban J connectivity index is 1.24. The quantitative estimate of drug-likeness (QED) is 0.114. The van der Waals surface area contributed by atoms with Crippen LogP contribution in [0.15, 0.2) is 194 Å². The maximum atomic E-state index is 5.09. The third kappa shape index (κ3) is 5.69. The molecule has 10 rings (SSSR count). The van der Waals surface area contributed by atoms with Gasteiger partial charge in [-0.05, 0) is 91.9 Å². The smallest absolute Gasteiger partial charge is 0.179 e. The molecule has 0 N–H and O–H groups in total. The predicted molar refractivity (Wildman–Crippen MR) is 244 cm³/mol. The van der Waals surface area contributed by atoms with Crippen LogP contribution in [0.3, 0.4) is 0 Å². The SMILES string of the molecule is CC(C)c1ccccc1-c1ccnc(-n2c3ccccc3c3ccc([Si](c4ccccc4)(c4ccccc4)c4cccc(N5CN(C)c6ccccc65)c4)cc32)c1. The number of hydrogen-bond acceptors (Lipinski definition) is 3. The van der Waals surface area contributed by atoms with Crippen molar-refractivity contribution >= 4 is 67.7 Å². The summed E-state index contributed by atoms with van der Waals surface area (Å²) < 4.78 is 2.39.